The van der Waals surface area contributed by atoms with Gasteiger partial charge in [-0.1, -0.05) is 64.6 Å². The highest BCUT2D eigenvalue weighted by Gasteiger charge is 2.21. The van der Waals surface area contributed by atoms with Gasteiger partial charge in [0.05, 0.1) is 3.92 Å². The zero-order valence-corrected chi connectivity index (χ0v) is 11.8. The van der Waals surface area contributed by atoms with E-state index in [1.165, 1.54) is 22.3 Å². The van der Waals surface area contributed by atoms with Gasteiger partial charge in [0.2, 0.25) is 0 Å². The number of hydrogen-bond donors (Lipinski definition) is 0. The molecule has 0 bridgehead atoms. The summed E-state index contributed by atoms with van der Waals surface area (Å²) in [4.78, 5) is 0. The maximum absolute atomic E-state index is 5.90. The normalized spacial score (nSPS) is 17.6. The monoisotopic (exact) mass is 336 g/mol. The highest BCUT2D eigenvalue weighted by molar-refractivity contribution is 14.1. The summed E-state index contributed by atoms with van der Waals surface area (Å²) >= 11 is 2.50. The van der Waals surface area contributed by atoms with Crippen LogP contribution in [0.4, 0.5) is 0 Å². The number of aryl methyl sites for hydroxylation is 1. The number of halogens is 1. The molecule has 1 aliphatic heterocycles. The van der Waals surface area contributed by atoms with Crippen LogP contribution >= 0.6 is 22.6 Å². The van der Waals surface area contributed by atoms with Crippen molar-refractivity contribution in [3.63, 3.8) is 0 Å². The van der Waals surface area contributed by atoms with Gasteiger partial charge in [-0.05, 0) is 24.1 Å². The van der Waals surface area contributed by atoms with E-state index < -0.39 is 0 Å². The van der Waals surface area contributed by atoms with Gasteiger partial charge in [-0.15, -0.1) is 0 Å². The van der Waals surface area contributed by atoms with E-state index in [0.29, 0.717) is 10.5 Å². The second-order valence-corrected chi connectivity index (χ2v) is 5.64. The lowest BCUT2D eigenvalue weighted by Gasteiger charge is -2.12. The Morgan fingerprint density at radius 3 is 2.82 bits per heavy atom. The Labute approximate surface area is 115 Å². The van der Waals surface area contributed by atoms with Gasteiger partial charge in [-0.3, -0.25) is 0 Å². The van der Waals surface area contributed by atoms with Gasteiger partial charge in [0.1, 0.15) is 12.4 Å². The fourth-order valence-corrected chi connectivity index (χ4v) is 3.33. The minimum atomic E-state index is 0.376. The van der Waals surface area contributed by atoms with Crippen LogP contribution in [0.1, 0.15) is 26.2 Å². The van der Waals surface area contributed by atoms with Crippen LogP contribution < -0.4 is 4.74 Å². The van der Waals surface area contributed by atoms with Crippen LogP contribution in [0.15, 0.2) is 42.5 Å². The summed E-state index contributed by atoms with van der Waals surface area (Å²) in [5.41, 5.74) is 5.24. The smallest absolute Gasteiger partial charge is 0.124 e. The van der Waals surface area contributed by atoms with Gasteiger partial charge in [-0.2, -0.15) is 0 Å². The first-order valence-corrected chi connectivity index (χ1v) is 6.95. The molecular weight excluding hydrogens is 323 g/mol. The molecule has 0 aliphatic carbocycles. The molecule has 0 fully saturated rings. The Morgan fingerprint density at radius 2 is 1.94 bits per heavy atom. The van der Waals surface area contributed by atoms with Crippen molar-refractivity contribution in [1.29, 1.82) is 0 Å². The molecule has 17 heavy (non-hydrogen) atoms. The van der Waals surface area contributed by atoms with Crippen molar-refractivity contribution in [2.75, 3.05) is 0 Å². The highest BCUT2D eigenvalue weighted by atomic mass is 127. The Hall–Kier alpha value is -1.03. The molecule has 1 nitrogen and oxygen atoms in total. The molecule has 1 heterocycles. The molecule has 2 heteroatoms. The molecule has 2 aromatic rings. The number of ether oxygens (including phenoxy) is 1. The van der Waals surface area contributed by atoms with Gasteiger partial charge in [0.15, 0.2) is 0 Å². The summed E-state index contributed by atoms with van der Waals surface area (Å²) in [6, 6.07) is 15.0. The van der Waals surface area contributed by atoms with E-state index in [0.717, 1.165) is 5.75 Å². The number of rotatable bonds is 0. The van der Waals surface area contributed by atoms with Crippen LogP contribution in [0.2, 0.25) is 0 Å². The standard InChI is InChI=1S/C15H13IO/c1-10-6-7-14-13(8-10)15(16)12-5-3-2-4-11(12)9-17-14/h2-8,15H,9H2,1H3. The molecule has 3 rings (SSSR count). The first kappa shape index (κ1) is 11.1. The van der Waals surface area contributed by atoms with E-state index in [9.17, 15) is 0 Å². The summed E-state index contributed by atoms with van der Waals surface area (Å²) < 4.78 is 6.27. The topological polar surface area (TPSA) is 9.23 Å². The third-order valence-electron chi connectivity index (χ3n) is 3.15. The summed E-state index contributed by atoms with van der Waals surface area (Å²) in [6.45, 7) is 2.80. The number of alkyl halides is 1. The van der Waals surface area contributed by atoms with Gasteiger partial charge >= 0.3 is 0 Å². The molecule has 0 saturated carbocycles. The first-order valence-electron chi connectivity index (χ1n) is 5.71. The van der Waals surface area contributed by atoms with Crippen molar-refractivity contribution in [2.24, 2.45) is 0 Å². The highest BCUT2D eigenvalue weighted by Crippen LogP contribution is 2.41. The molecule has 0 radical (unpaired) electrons. The summed E-state index contributed by atoms with van der Waals surface area (Å²) in [5, 5.41) is 0. The maximum Gasteiger partial charge on any atom is 0.124 e. The van der Waals surface area contributed by atoms with E-state index in [1.54, 1.807) is 0 Å². The maximum atomic E-state index is 5.90. The molecule has 2 aromatic carbocycles. The summed E-state index contributed by atoms with van der Waals surface area (Å²) in [6.07, 6.45) is 0. The zero-order valence-electron chi connectivity index (χ0n) is 9.61. The van der Waals surface area contributed by atoms with Crippen molar-refractivity contribution in [3.8, 4) is 5.75 Å². The van der Waals surface area contributed by atoms with Crippen LogP contribution in [0.25, 0.3) is 0 Å². The average Bonchev–Trinajstić information content (AvgIpc) is 2.49. The fraction of sp³-hybridized carbons (Fsp3) is 0.200. The van der Waals surface area contributed by atoms with Crippen molar-refractivity contribution < 1.29 is 4.74 Å². The predicted molar refractivity (Wildman–Crippen MR) is 77.8 cm³/mol. The van der Waals surface area contributed by atoms with Gasteiger partial charge in [0.25, 0.3) is 0 Å². The van der Waals surface area contributed by atoms with Gasteiger partial charge < -0.3 is 4.74 Å². The van der Waals surface area contributed by atoms with Crippen LogP contribution in [0.3, 0.4) is 0 Å². The third-order valence-corrected chi connectivity index (χ3v) is 4.49. The number of fused-ring (bicyclic) bond motifs is 2. The average molecular weight is 336 g/mol. The SMILES string of the molecule is Cc1ccc2c(c1)C(I)c1ccccc1CO2. The molecule has 1 atom stereocenters. The molecule has 1 unspecified atom stereocenters. The van der Waals surface area contributed by atoms with E-state index >= 15 is 0 Å². The van der Waals surface area contributed by atoms with E-state index in [-0.39, 0.29) is 0 Å². The number of benzene rings is 2. The van der Waals surface area contributed by atoms with Gasteiger partial charge in [-0.25, -0.2) is 0 Å². The summed E-state index contributed by atoms with van der Waals surface area (Å²) in [5.74, 6) is 1.02. The molecule has 0 spiro atoms. The quantitative estimate of drug-likeness (QED) is 0.511. The number of hydrogen-bond acceptors (Lipinski definition) is 1. The zero-order chi connectivity index (χ0) is 11.8. The molecule has 86 valence electrons. The van der Waals surface area contributed by atoms with E-state index in [2.05, 4.69) is 72.0 Å². The second kappa shape index (κ2) is 4.33. The van der Waals surface area contributed by atoms with Crippen molar-refractivity contribution >= 4 is 22.6 Å². The molecule has 0 aromatic heterocycles. The van der Waals surface area contributed by atoms with Crippen LogP contribution in [-0.4, -0.2) is 0 Å². The van der Waals surface area contributed by atoms with Crippen LogP contribution in [0, 0.1) is 6.92 Å². The Bertz CT molecular complexity index is 563. The Morgan fingerprint density at radius 1 is 1.12 bits per heavy atom. The van der Waals surface area contributed by atoms with Crippen molar-refractivity contribution in [1.82, 2.24) is 0 Å². The fourth-order valence-electron chi connectivity index (χ4n) is 2.23. The predicted octanol–water partition coefficient (Wildman–Crippen LogP) is 4.41. The lowest BCUT2D eigenvalue weighted by molar-refractivity contribution is 0.307. The largest absolute Gasteiger partial charge is 0.489 e. The molecule has 1 aliphatic rings. The minimum Gasteiger partial charge on any atom is -0.489 e. The Balaban J connectivity index is 2.18. The molecule has 0 saturated heterocycles. The van der Waals surface area contributed by atoms with Crippen LogP contribution in [-0.2, 0) is 6.61 Å². The minimum absolute atomic E-state index is 0.376. The first-order chi connectivity index (χ1) is 8.25. The van der Waals surface area contributed by atoms with Crippen molar-refractivity contribution in [2.45, 2.75) is 17.5 Å². The molecule has 0 N–H and O–H groups in total. The lowest BCUT2D eigenvalue weighted by atomic mass is 9.99. The third kappa shape index (κ3) is 1.95. The van der Waals surface area contributed by atoms with Crippen LogP contribution in [0.5, 0.6) is 5.75 Å². The van der Waals surface area contributed by atoms with E-state index in [1.807, 2.05) is 0 Å². The van der Waals surface area contributed by atoms with E-state index in [4.69, 9.17) is 4.74 Å². The second-order valence-electron chi connectivity index (χ2n) is 4.39. The van der Waals surface area contributed by atoms with Crippen molar-refractivity contribution in [3.05, 3.63) is 64.7 Å². The lowest BCUT2D eigenvalue weighted by Crippen LogP contribution is -1.95. The summed E-state index contributed by atoms with van der Waals surface area (Å²) in [7, 11) is 0. The molecule has 0 amide bonds. The Kier molecular flexibility index (Phi) is 2.82. The molecular formula is C15H13IO. The van der Waals surface area contributed by atoms with Gasteiger partial charge in [0, 0.05) is 5.56 Å².